The molecule has 1 aliphatic heterocycles. The first-order valence-corrected chi connectivity index (χ1v) is 7.98. The van der Waals surface area contributed by atoms with Gasteiger partial charge in [-0.3, -0.25) is 0 Å². The molecule has 0 amide bonds. The Morgan fingerprint density at radius 3 is 2.80 bits per heavy atom. The van der Waals surface area contributed by atoms with Gasteiger partial charge >= 0.3 is 0 Å². The molecule has 0 saturated carbocycles. The zero-order valence-electron chi connectivity index (χ0n) is 13.1. The molecule has 0 spiro atoms. The highest BCUT2D eigenvalue weighted by Gasteiger charge is 2.20. The molecular formula is C16H28N4. The minimum Gasteiger partial charge on any atom is -0.384 e. The standard InChI is InChI=1S/C16H28N4/c1-4-6-15-18-14(17)11-16(19-15)20-9-5-7-13(8-10-20)12(2)3/h11-13H,4-10H2,1-3H3,(H2,17,18,19). The predicted molar refractivity (Wildman–Crippen MR) is 84.8 cm³/mol. The fourth-order valence-corrected chi connectivity index (χ4v) is 3.02. The van der Waals surface area contributed by atoms with Crippen molar-refractivity contribution < 1.29 is 0 Å². The minimum atomic E-state index is 0.600. The second kappa shape index (κ2) is 6.91. The van der Waals surface area contributed by atoms with Crippen LogP contribution < -0.4 is 10.6 Å². The molecule has 1 fully saturated rings. The van der Waals surface area contributed by atoms with Crippen molar-refractivity contribution in [3.63, 3.8) is 0 Å². The molecule has 1 aromatic heterocycles. The Hall–Kier alpha value is -1.32. The maximum Gasteiger partial charge on any atom is 0.134 e. The summed E-state index contributed by atoms with van der Waals surface area (Å²) in [5.74, 6) is 4.12. The molecule has 0 bridgehead atoms. The average Bonchev–Trinajstić information content (AvgIpc) is 2.64. The van der Waals surface area contributed by atoms with E-state index in [-0.39, 0.29) is 0 Å². The Bertz CT molecular complexity index is 430. The van der Waals surface area contributed by atoms with Crippen molar-refractivity contribution in [2.45, 2.75) is 52.9 Å². The van der Waals surface area contributed by atoms with E-state index in [0.29, 0.717) is 5.82 Å². The Labute approximate surface area is 122 Å². The van der Waals surface area contributed by atoms with E-state index < -0.39 is 0 Å². The van der Waals surface area contributed by atoms with Gasteiger partial charge in [-0.2, -0.15) is 0 Å². The van der Waals surface area contributed by atoms with Crippen LogP contribution in [-0.4, -0.2) is 23.1 Å². The van der Waals surface area contributed by atoms with Crippen molar-refractivity contribution >= 4 is 11.6 Å². The molecule has 112 valence electrons. The van der Waals surface area contributed by atoms with Crippen molar-refractivity contribution in [1.82, 2.24) is 9.97 Å². The zero-order valence-corrected chi connectivity index (χ0v) is 13.1. The highest BCUT2D eigenvalue weighted by molar-refractivity contribution is 5.47. The first-order valence-electron chi connectivity index (χ1n) is 7.98. The van der Waals surface area contributed by atoms with Gasteiger partial charge in [0.25, 0.3) is 0 Å². The van der Waals surface area contributed by atoms with Crippen LogP contribution in [0, 0.1) is 11.8 Å². The minimum absolute atomic E-state index is 0.600. The summed E-state index contributed by atoms with van der Waals surface area (Å²) in [6.45, 7) is 8.99. The maximum atomic E-state index is 5.93. The van der Waals surface area contributed by atoms with E-state index in [1.54, 1.807) is 0 Å². The van der Waals surface area contributed by atoms with E-state index in [4.69, 9.17) is 10.7 Å². The van der Waals surface area contributed by atoms with E-state index in [2.05, 4.69) is 30.7 Å². The third-order valence-electron chi connectivity index (χ3n) is 4.29. The molecular weight excluding hydrogens is 248 g/mol. The summed E-state index contributed by atoms with van der Waals surface area (Å²) in [5, 5.41) is 0. The Balaban J connectivity index is 2.11. The van der Waals surface area contributed by atoms with Gasteiger partial charge in [-0.25, -0.2) is 9.97 Å². The number of nitrogen functional groups attached to an aromatic ring is 1. The highest BCUT2D eigenvalue weighted by Crippen LogP contribution is 2.27. The number of anilines is 2. The highest BCUT2D eigenvalue weighted by atomic mass is 15.2. The van der Waals surface area contributed by atoms with E-state index in [0.717, 1.165) is 49.4 Å². The largest absolute Gasteiger partial charge is 0.384 e. The second-order valence-corrected chi connectivity index (χ2v) is 6.24. The Morgan fingerprint density at radius 2 is 2.10 bits per heavy atom. The number of nitrogens with zero attached hydrogens (tertiary/aromatic N) is 3. The summed E-state index contributed by atoms with van der Waals surface area (Å²) in [6.07, 6.45) is 5.79. The van der Waals surface area contributed by atoms with Crippen LogP contribution in [0.3, 0.4) is 0 Å². The van der Waals surface area contributed by atoms with Crippen LogP contribution in [-0.2, 0) is 6.42 Å². The van der Waals surface area contributed by atoms with Gasteiger partial charge in [0.1, 0.15) is 17.5 Å². The lowest BCUT2D eigenvalue weighted by Gasteiger charge is -2.23. The van der Waals surface area contributed by atoms with Gasteiger partial charge in [0.05, 0.1) is 0 Å². The quantitative estimate of drug-likeness (QED) is 0.917. The summed E-state index contributed by atoms with van der Waals surface area (Å²) in [7, 11) is 0. The SMILES string of the molecule is CCCc1nc(N)cc(N2CCCC(C(C)C)CC2)n1. The van der Waals surface area contributed by atoms with Gasteiger partial charge in [0.15, 0.2) is 0 Å². The first-order chi connectivity index (χ1) is 9.60. The average molecular weight is 276 g/mol. The molecule has 20 heavy (non-hydrogen) atoms. The Morgan fingerprint density at radius 1 is 1.30 bits per heavy atom. The monoisotopic (exact) mass is 276 g/mol. The molecule has 0 aliphatic carbocycles. The van der Waals surface area contributed by atoms with Gasteiger partial charge in [-0.1, -0.05) is 20.8 Å². The van der Waals surface area contributed by atoms with Gasteiger partial charge in [-0.05, 0) is 37.5 Å². The molecule has 2 rings (SSSR count). The fraction of sp³-hybridized carbons (Fsp3) is 0.750. The molecule has 1 aliphatic rings. The summed E-state index contributed by atoms with van der Waals surface area (Å²) >= 11 is 0. The van der Waals surface area contributed by atoms with Crippen molar-refractivity contribution in [1.29, 1.82) is 0 Å². The molecule has 0 aromatic carbocycles. The van der Waals surface area contributed by atoms with Crippen LogP contribution >= 0.6 is 0 Å². The molecule has 1 atom stereocenters. The van der Waals surface area contributed by atoms with Crippen molar-refractivity contribution in [3.05, 3.63) is 11.9 Å². The number of aryl methyl sites for hydroxylation is 1. The van der Waals surface area contributed by atoms with Crippen LogP contribution in [0.25, 0.3) is 0 Å². The summed E-state index contributed by atoms with van der Waals surface area (Å²) < 4.78 is 0. The van der Waals surface area contributed by atoms with Crippen molar-refractivity contribution in [2.24, 2.45) is 11.8 Å². The van der Waals surface area contributed by atoms with Crippen molar-refractivity contribution in [3.8, 4) is 0 Å². The molecule has 1 saturated heterocycles. The third kappa shape index (κ3) is 3.84. The third-order valence-corrected chi connectivity index (χ3v) is 4.29. The first kappa shape index (κ1) is 15.1. The molecule has 0 radical (unpaired) electrons. The molecule has 1 unspecified atom stereocenters. The predicted octanol–water partition coefficient (Wildman–Crippen LogP) is 3.27. The van der Waals surface area contributed by atoms with Crippen LogP contribution in [0.4, 0.5) is 11.6 Å². The number of nitrogens with two attached hydrogens (primary N) is 1. The van der Waals surface area contributed by atoms with Crippen LogP contribution in [0.15, 0.2) is 6.07 Å². The normalized spacial score (nSPS) is 20.2. The number of hydrogen-bond acceptors (Lipinski definition) is 4. The van der Waals surface area contributed by atoms with Crippen LogP contribution in [0.2, 0.25) is 0 Å². The molecule has 1 aromatic rings. The smallest absolute Gasteiger partial charge is 0.134 e. The molecule has 2 N–H and O–H groups in total. The number of hydrogen-bond donors (Lipinski definition) is 1. The van der Waals surface area contributed by atoms with Crippen LogP contribution in [0.1, 0.15) is 52.3 Å². The van der Waals surface area contributed by atoms with Gasteiger partial charge in [0, 0.05) is 25.6 Å². The maximum absolute atomic E-state index is 5.93. The van der Waals surface area contributed by atoms with Gasteiger partial charge in [0.2, 0.25) is 0 Å². The lowest BCUT2D eigenvalue weighted by Crippen LogP contribution is -2.26. The molecule has 4 heteroatoms. The summed E-state index contributed by atoms with van der Waals surface area (Å²) in [6, 6.07) is 1.93. The van der Waals surface area contributed by atoms with Gasteiger partial charge < -0.3 is 10.6 Å². The Kier molecular flexibility index (Phi) is 5.21. The van der Waals surface area contributed by atoms with E-state index >= 15 is 0 Å². The van der Waals surface area contributed by atoms with Crippen molar-refractivity contribution in [2.75, 3.05) is 23.7 Å². The summed E-state index contributed by atoms with van der Waals surface area (Å²) in [4.78, 5) is 11.4. The fourth-order valence-electron chi connectivity index (χ4n) is 3.02. The van der Waals surface area contributed by atoms with Crippen LogP contribution in [0.5, 0.6) is 0 Å². The van der Waals surface area contributed by atoms with E-state index in [1.807, 2.05) is 6.07 Å². The summed E-state index contributed by atoms with van der Waals surface area (Å²) in [5.41, 5.74) is 5.93. The molecule has 4 nitrogen and oxygen atoms in total. The van der Waals surface area contributed by atoms with E-state index in [1.165, 1.54) is 19.3 Å². The van der Waals surface area contributed by atoms with Gasteiger partial charge in [-0.15, -0.1) is 0 Å². The number of rotatable bonds is 4. The topological polar surface area (TPSA) is 55.0 Å². The zero-order chi connectivity index (χ0) is 14.5. The molecule has 2 heterocycles. The lowest BCUT2D eigenvalue weighted by molar-refractivity contribution is 0.351. The second-order valence-electron chi connectivity index (χ2n) is 6.24. The lowest BCUT2D eigenvalue weighted by atomic mass is 9.89. The van der Waals surface area contributed by atoms with E-state index in [9.17, 15) is 0 Å². The number of aromatic nitrogens is 2.